The summed E-state index contributed by atoms with van der Waals surface area (Å²) in [6, 6.07) is 3.60. The van der Waals surface area contributed by atoms with E-state index in [0.717, 1.165) is 5.39 Å². The molecule has 3 heteroatoms. The molecule has 0 bridgehead atoms. The Kier molecular flexibility index (Phi) is 1.12. The van der Waals surface area contributed by atoms with Crippen LogP contribution in [0.2, 0.25) is 0 Å². The smallest absolute Gasteiger partial charge is 0.205 e. The number of ketones is 1. The van der Waals surface area contributed by atoms with Crippen molar-refractivity contribution in [3.05, 3.63) is 24.1 Å². The third-order valence-corrected chi connectivity index (χ3v) is 1.59. The first-order valence-corrected chi connectivity index (χ1v) is 3.35. The van der Waals surface area contributed by atoms with Crippen LogP contribution in [-0.4, -0.2) is 10.8 Å². The van der Waals surface area contributed by atoms with E-state index in [1.54, 1.807) is 12.3 Å². The molecule has 2 rings (SSSR count). The molecule has 56 valence electrons. The average Bonchev–Trinajstić information content (AvgIpc) is 2.40. The first kappa shape index (κ1) is 6.22. The third kappa shape index (κ3) is 0.852. The maximum Gasteiger partial charge on any atom is 0.205 e. The van der Waals surface area contributed by atoms with Gasteiger partial charge in [0.15, 0.2) is 11.5 Å². The maximum atomic E-state index is 10.8. The van der Waals surface area contributed by atoms with Crippen LogP contribution >= 0.6 is 0 Å². The van der Waals surface area contributed by atoms with Crippen molar-refractivity contribution < 1.29 is 9.21 Å². The number of rotatable bonds is 1. The molecule has 3 nitrogen and oxygen atoms in total. The van der Waals surface area contributed by atoms with Crippen LogP contribution in [0.5, 0.6) is 0 Å². The Morgan fingerprint density at radius 2 is 2.45 bits per heavy atom. The van der Waals surface area contributed by atoms with Gasteiger partial charge in [-0.3, -0.25) is 4.79 Å². The zero-order valence-corrected chi connectivity index (χ0v) is 6.05. The Hall–Kier alpha value is -1.51. The summed E-state index contributed by atoms with van der Waals surface area (Å²) >= 11 is 0. The number of hydrogen-bond acceptors (Lipinski definition) is 2. The molecule has 11 heavy (non-hydrogen) atoms. The highest BCUT2D eigenvalue weighted by Crippen LogP contribution is 2.17. The number of carbonyl (C=O) groups excluding carboxylic acids is 1. The summed E-state index contributed by atoms with van der Waals surface area (Å²) in [5.41, 5.74) is 0.662. The van der Waals surface area contributed by atoms with E-state index in [9.17, 15) is 4.79 Å². The largest absolute Gasteiger partial charge is 0.437 e. The van der Waals surface area contributed by atoms with E-state index in [-0.39, 0.29) is 5.78 Å². The van der Waals surface area contributed by atoms with Gasteiger partial charge in [-0.1, -0.05) is 0 Å². The minimum absolute atomic E-state index is 0.0467. The van der Waals surface area contributed by atoms with Crippen LogP contribution in [0.4, 0.5) is 0 Å². The van der Waals surface area contributed by atoms with Crippen LogP contribution in [0.1, 0.15) is 17.5 Å². The molecule has 0 saturated heterocycles. The minimum atomic E-state index is -0.0467. The van der Waals surface area contributed by atoms with Crippen molar-refractivity contribution >= 4 is 16.9 Å². The molecule has 0 amide bonds. The summed E-state index contributed by atoms with van der Waals surface area (Å²) in [7, 11) is 0. The topological polar surface area (TPSA) is 46.0 Å². The van der Waals surface area contributed by atoms with Crippen molar-refractivity contribution in [1.82, 2.24) is 4.98 Å². The molecule has 0 aliphatic carbocycles. The fourth-order valence-electron chi connectivity index (χ4n) is 1.02. The number of H-pyrrole nitrogens is 1. The highest BCUT2D eigenvalue weighted by Gasteiger charge is 2.06. The van der Waals surface area contributed by atoms with Crippen molar-refractivity contribution in [2.24, 2.45) is 0 Å². The summed E-state index contributed by atoms with van der Waals surface area (Å²) in [4.78, 5) is 13.7. The quantitative estimate of drug-likeness (QED) is 0.630. The Labute approximate surface area is 63.0 Å². The Morgan fingerprint density at radius 3 is 3.09 bits per heavy atom. The fourth-order valence-corrected chi connectivity index (χ4v) is 1.02. The molecular formula is C8H7NO2. The van der Waals surface area contributed by atoms with E-state index in [4.69, 9.17) is 4.42 Å². The van der Waals surface area contributed by atoms with Crippen LogP contribution < -0.4 is 0 Å². The second-order valence-electron chi connectivity index (χ2n) is 2.43. The monoisotopic (exact) mass is 149 g/mol. The van der Waals surface area contributed by atoms with Crippen molar-refractivity contribution in [3.63, 3.8) is 0 Å². The number of nitrogens with one attached hydrogen (secondary N) is 1. The molecule has 0 aliphatic rings. The van der Waals surface area contributed by atoms with E-state index in [1.807, 2.05) is 6.07 Å². The molecular weight excluding hydrogens is 142 g/mol. The first-order chi connectivity index (χ1) is 5.27. The van der Waals surface area contributed by atoms with Gasteiger partial charge in [-0.2, -0.15) is 0 Å². The Morgan fingerprint density at radius 1 is 1.64 bits per heavy atom. The maximum absolute atomic E-state index is 10.8. The average molecular weight is 149 g/mol. The zero-order chi connectivity index (χ0) is 7.84. The molecule has 2 heterocycles. The highest BCUT2D eigenvalue weighted by molar-refractivity contribution is 5.95. The van der Waals surface area contributed by atoms with Crippen LogP contribution in [0.25, 0.3) is 11.1 Å². The molecule has 0 spiro atoms. The van der Waals surface area contributed by atoms with E-state index < -0.39 is 0 Å². The number of furan rings is 1. The number of aromatic nitrogens is 1. The molecule has 0 saturated carbocycles. The fraction of sp³-hybridized carbons (Fsp3) is 0.125. The van der Waals surface area contributed by atoms with Gasteiger partial charge < -0.3 is 9.40 Å². The molecule has 2 aromatic rings. The predicted octanol–water partition coefficient (Wildman–Crippen LogP) is 1.96. The number of hydrogen-bond donors (Lipinski definition) is 1. The number of fused-ring (bicyclic) bond motifs is 1. The lowest BCUT2D eigenvalue weighted by Crippen LogP contribution is -1.85. The predicted molar refractivity (Wildman–Crippen MR) is 40.6 cm³/mol. The van der Waals surface area contributed by atoms with Crippen molar-refractivity contribution in [2.45, 2.75) is 6.92 Å². The number of Topliss-reactive ketones (excluding diaryl/α,β-unsaturated/α-hetero) is 1. The van der Waals surface area contributed by atoms with Gasteiger partial charge in [0.1, 0.15) is 0 Å². The van der Waals surface area contributed by atoms with Crippen LogP contribution in [0.15, 0.2) is 22.7 Å². The van der Waals surface area contributed by atoms with Gasteiger partial charge in [-0.15, -0.1) is 0 Å². The standard InChI is InChI=1S/C8H7NO2/c1-5(10)7-4-6-2-3-9-8(6)11-7/h2-4,9H,1H3. The SMILES string of the molecule is CC(=O)c1cc2cc[nH]c2o1. The lowest BCUT2D eigenvalue weighted by Gasteiger charge is -1.82. The molecule has 0 aliphatic heterocycles. The summed E-state index contributed by atoms with van der Waals surface area (Å²) in [5, 5.41) is 0.940. The van der Waals surface area contributed by atoms with Gasteiger partial charge >= 0.3 is 0 Å². The molecule has 0 atom stereocenters. The molecule has 0 unspecified atom stereocenters. The summed E-state index contributed by atoms with van der Waals surface area (Å²) in [5.74, 6) is 0.362. The van der Waals surface area contributed by atoms with E-state index in [0.29, 0.717) is 11.5 Å². The van der Waals surface area contributed by atoms with E-state index >= 15 is 0 Å². The number of carbonyl (C=O) groups is 1. The van der Waals surface area contributed by atoms with Gasteiger partial charge in [0, 0.05) is 18.5 Å². The van der Waals surface area contributed by atoms with Gasteiger partial charge in [-0.05, 0) is 12.1 Å². The second-order valence-corrected chi connectivity index (χ2v) is 2.43. The van der Waals surface area contributed by atoms with E-state index in [1.165, 1.54) is 6.92 Å². The zero-order valence-electron chi connectivity index (χ0n) is 6.05. The van der Waals surface area contributed by atoms with Gasteiger partial charge in [-0.25, -0.2) is 0 Å². The Bertz CT molecular complexity index is 368. The normalized spacial score (nSPS) is 10.6. The van der Waals surface area contributed by atoms with Crippen molar-refractivity contribution in [1.29, 1.82) is 0 Å². The molecule has 1 N–H and O–H groups in total. The molecule has 2 aromatic heterocycles. The molecule has 0 aromatic carbocycles. The van der Waals surface area contributed by atoms with Crippen molar-refractivity contribution in [2.75, 3.05) is 0 Å². The number of aromatic amines is 1. The van der Waals surface area contributed by atoms with Crippen LogP contribution in [-0.2, 0) is 0 Å². The van der Waals surface area contributed by atoms with Gasteiger partial charge in [0.25, 0.3) is 0 Å². The summed E-state index contributed by atoms with van der Waals surface area (Å²) in [6.07, 6.45) is 1.78. The third-order valence-electron chi connectivity index (χ3n) is 1.59. The van der Waals surface area contributed by atoms with Crippen molar-refractivity contribution in [3.8, 4) is 0 Å². The van der Waals surface area contributed by atoms with E-state index in [2.05, 4.69) is 4.98 Å². The lowest BCUT2D eigenvalue weighted by molar-refractivity contribution is 0.0989. The highest BCUT2D eigenvalue weighted by atomic mass is 16.4. The Balaban J connectivity index is 2.67. The lowest BCUT2D eigenvalue weighted by atomic mass is 10.3. The summed E-state index contributed by atoms with van der Waals surface area (Å²) in [6.45, 7) is 1.48. The summed E-state index contributed by atoms with van der Waals surface area (Å²) < 4.78 is 5.16. The van der Waals surface area contributed by atoms with Crippen LogP contribution in [0.3, 0.4) is 0 Å². The van der Waals surface area contributed by atoms with Crippen LogP contribution in [0, 0.1) is 0 Å². The minimum Gasteiger partial charge on any atom is -0.437 e. The molecule has 0 fully saturated rings. The van der Waals surface area contributed by atoms with Gasteiger partial charge in [0.2, 0.25) is 5.71 Å². The van der Waals surface area contributed by atoms with Gasteiger partial charge in [0.05, 0.1) is 0 Å². The second kappa shape index (κ2) is 1.99. The first-order valence-electron chi connectivity index (χ1n) is 3.35. The molecule has 0 radical (unpaired) electrons.